The van der Waals surface area contributed by atoms with E-state index < -0.39 is 11.6 Å². The van der Waals surface area contributed by atoms with E-state index in [1.54, 1.807) is 6.33 Å². The van der Waals surface area contributed by atoms with Gasteiger partial charge in [-0.2, -0.15) is 18.7 Å². The molecule has 3 heterocycles. The summed E-state index contributed by atoms with van der Waals surface area (Å²) in [5.74, 6) is -2.41. The fourth-order valence-corrected chi connectivity index (χ4v) is 3.31. The number of anilines is 1. The third kappa shape index (κ3) is 3.87. The second kappa shape index (κ2) is 8.78. The van der Waals surface area contributed by atoms with Gasteiger partial charge >= 0.3 is 6.01 Å². The van der Waals surface area contributed by atoms with Crippen molar-refractivity contribution >= 4 is 17.0 Å². The third-order valence-corrected chi connectivity index (χ3v) is 4.84. The van der Waals surface area contributed by atoms with E-state index in [1.807, 2.05) is 11.5 Å². The Morgan fingerprint density at radius 1 is 1.20 bits per heavy atom. The molecule has 0 saturated carbocycles. The van der Waals surface area contributed by atoms with Gasteiger partial charge in [-0.05, 0) is 37.8 Å². The standard InChI is InChI=1S/C20H23F2N5O3/c1-3-9-23-18-17-19(27(11-24-17)14-6-4-5-10-29-14)26-20(25-18)30-13-8-7-12(28-2)15(21)16(13)22/h7-8,11,14H,3-6,9-10H2,1-2H3,(H,23,25,26). The minimum atomic E-state index is -1.18. The molecule has 2 aromatic heterocycles. The van der Waals surface area contributed by atoms with Crippen LogP contribution in [0.1, 0.15) is 38.8 Å². The van der Waals surface area contributed by atoms with Crippen molar-refractivity contribution in [1.82, 2.24) is 19.5 Å². The van der Waals surface area contributed by atoms with Crippen LogP contribution in [0.4, 0.5) is 14.6 Å². The summed E-state index contributed by atoms with van der Waals surface area (Å²) in [7, 11) is 1.26. The van der Waals surface area contributed by atoms with Crippen molar-refractivity contribution in [2.45, 2.75) is 38.8 Å². The summed E-state index contributed by atoms with van der Waals surface area (Å²) < 4.78 is 46.4. The zero-order valence-corrected chi connectivity index (χ0v) is 16.8. The van der Waals surface area contributed by atoms with Crippen LogP contribution in [0.2, 0.25) is 0 Å². The van der Waals surface area contributed by atoms with Crippen LogP contribution in [0.5, 0.6) is 17.5 Å². The molecule has 1 N–H and O–H groups in total. The minimum absolute atomic E-state index is 0.123. The van der Waals surface area contributed by atoms with Gasteiger partial charge in [0.05, 0.1) is 13.4 Å². The van der Waals surface area contributed by atoms with Crippen LogP contribution in [0.15, 0.2) is 18.5 Å². The number of halogens is 2. The highest BCUT2D eigenvalue weighted by Crippen LogP contribution is 2.32. The normalized spacial score (nSPS) is 16.6. The van der Waals surface area contributed by atoms with Crippen LogP contribution < -0.4 is 14.8 Å². The monoisotopic (exact) mass is 419 g/mol. The predicted molar refractivity (Wildman–Crippen MR) is 106 cm³/mol. The van der Waals surface area contributed by atoms with Gasteiger partial charge in [-0.1, -0.05) is 6.92 Å². The molecule has 1 aliphatic heterocycles. The molecule has 0 bridgehead atoms. The number of nitrogens with one attached hydrogen (secondary N) is 1. The van der Waals surface area contributed by atoms with E-state index in [0.29, 0.717) is 30.1 Å². The fourth-order valence-electron chi connectivity index (χ4n) is 3.31. The predicted octanol–water partition coefficient (Wildman–Crippen LogP) is 4.43. The first-order valence-electron chi connectivity index (χ1n) is 9.92. The minimum Gasteiger partial charge on any atom is -0.494 e. The lowest BCUT2D eigenvalue weighted by Crippen LogP contribution is -2.18. The Balaban J connectivity index is 1.74. The summed E-state index contributed by atoms with van der Waals surface area (Å²) in [5.41, 5.74) is 1.06. The summed E-state index contributed by atoms with van der Waals surface area (Å²) >= 11 is 0. The summed E-state index contributed by atoms with van der Waals surface area (Å²) in [4.78, 5) is 13.2. The van der Waals surface area contributed by atoms with Crippen molar-refractivity contribution in [2.24, 2.45) is 0 Å². The molecule has 30 heavy (non-hydrogen) atoms. The van der Waals surface area contributed by atoms with E-state index in [-0.39, 0.29) is 23.7 Å². The second-order valence-electron chi connectivity index (χ2n) is 6.92. The number of fused-ring (bicyclic) bond motifs is 1. The second-order valence-corrected chi connectivity index (χ2v) is 6.92. The molecule has 0 amide bonds. The SMILES string of the molecule is CCCNc1nc(Oc2ccc(OC)c(F)c2F)nc2c1ncn2C1CCCCO1. The first kappa shape index (κ1) is 20.3. The Bertz CT molecular complexity index is 1040. The molecule has 0 spiro atoms. The molecule has 1 aliphatic rings. The maximum absolute atomic E-state index is 14.4. The van der Waals surface area contributed by atoms with Gasteiger partial charge in [0.1, 0.15) is 6.23 Å². The summed E-state index contributed by atoms with van der Waals surface area (Å²) in [6.07, 6.45) is 5.22. The largest absolute Gasteiger partial charge is 0.494 e. The first-order chi connectivity index (χ1) is 14.6. The van der Waals surface area contributed by atoms with Gasteiger partial charge in [0.15, 0.2) is 28.5 Å². The number of hydrogen-bond donors (Lipinski definition) is 1. The first-order valence-corrected chi connectivity index (χ1v) is 9.92. The van der Waals surface area contributed by atoms with E-state index in [4.69, 9.17) is 14.2 Å². The molecular weight excluding hydrogens is 396 g/mol. The molecule has 1 fully saturated rings. The van der Waals surface area contributed by atoms with Crippen LogP contribution in [0.3, 0.4) is 0 Å². The Labute approximate surface area is 172 Å². The fraction of sp³-hybridized carbons (Fsp3) is 0.450. The molecule has 0 aliphatic carbocycles. The molecule has 3 aromatic rings. The van der Waals surface area contributed by atoms with Gasteiger partial charge in [0.2, 0.25) is 11.6 Å². The van der Waals surface area contributed by atoms with Crippen LogP contribution in [-0.4, -0.2) is 39.8 Å². The summed E-state index contributed by atoms with van der Waals surface area (Å²) in [6.45, 7) is 3.34. The van der Waals surface area contributed by atoms with Crippen LogP contribution in [-0.2, 0) is 4.74 Å². The molecule has 1 aromatic carbocycles. The van der Waals surface area contributed by atoms with E-state index in [9.17, 15) is 8.78 Å². The van der Waals surface area contributed by atoms with Crippen molar-refractivity contribution in [3.05, 3.63) is 30.1 Å². The molecular formula is C20H23F2N5O3. The lowest BCUT2D eigenvalue weighted by molar-refractivity contribution is -0.0298. The number of ether oxygens (including phenoxy) is 3. The molecule has 10 heteroatoms. The van der Waals surface area contributed by atoms with Gasteiger partial charge in [0, 0.05) is 13.2 Å². The topological polar surface area (TPSA) is 83.3 Å². The zero-order chi connectivity index (χ0) is 21.1. The average molecular weight is 419 g/mol. The van der Waals surface area contributed by atoms with Gasteiger partial charge in [-0.25, -0.2) is 4.98 Å². The molecule has 160 valence electrons. The number of aromatic nitrogens is 4. The van der Waals surface area contributed by atoms with E-state index in [0.717, 1.165) is 25.7 Å². The number of hydrogen-bond acceptors (Lipinski definition) is 7. The maximum Gasteiger partial charge on any atom is 0.326 e. The van der Waals surface area contributed by atoms with E-state index in [2.05, 4.69) is 20.3 Å². The molecule has 8 nitrogen and oxygen atoms in total. The Hall–Kier alpha value is -3.01. The van der Waals surface area contributed by atoms with Crippen molar-refractivity contribution in [1.29, 1.82) is 0 Å². The number of nitrogens with zero attached hydrogens (tertiary/aromatic N) is 4. The average Bonchev–Trinajstić information content (AvgIpc) is 3.20. The highest BCUT2D eigenvalue weighted by molar-refractivity contribution is 5.83. The quantitative estimate of drug-likeness (QED) is 0.607. The molecule has 1 saturated heterocycles. The number of rotatable bonds is 7. The summed E-state index contributed by atoms with van der Waals surface area (Å²) in [5, 5.41) is 3.19. The molecule has 0 radical (unpaired) electrons. The third-order valence-electron chi connectivity index (χ3n) is 4.84. The molecule has 1 atom stereocenters. The van der Waals surface area contributed by atoms with Crippen LogP contribution in [0.25, 0.3) is 11.2 Å². The summed E-state index contributed by atoms with van der Waals surface area (Å²) in [6, 6.07) is 2.43. The Morgan fingerprint density at radius 3 is 2.73 bits per heavy atom. The number of imidazole rings is 1. The van der Waals surface area contributed by atoms with Crippen molar-refractivity contribution in [2.75, 3.05) is 25.6 Å². The van der Waals surface area contributed by atoms with Crippen molar-refractivity contribution < 1.29 is 23.0 Å². The molecule has 1 unspecified atom stereocenters. The Kier molecular flexibility index (Phi) is 5.93. The Morgan fingerprint density at radius 2 is 2.00 bits per heavy atom. The lowest BCUT2D eigenvalue weighted by atomic mass is 10.2. The highest BCUT2D eigenvalue weighted by Gasteiger charge is 2.23. The maximum atomic E-state index is 14.4. The zero-order valence-electron chi connectivity index (χ0n) is 16.8. The van der Waals surface area contributed by atoms with E-state index in [1.165, 1.54) is 19.2 Å². The van der Waals surface area contributed by atoms with E-state index >= 15 is 0 Å². The molecule has 4 rings (SSSR count). The number of methoxy groups -OCH3 is 1. The number of benzene rings is 1. The van der Waals surface area contributed by atoms with Crippen molar-refractivity contribution in [3.63, 3.8) is 0 Å². The van der Waals surface area contributed by atoms with Gasteiger partial charge in [-0.3, -0.25) is 4.57 Å². The highest BCUT2D eigenvalue weighted by atomic mass is 19.2. The van der Waals surface area contributed by atoms with Gasteiger partial charge in [-0.15, -0.1) is 0 Å². The smallest absolute Gasteiger partial charge is 0.326 e. The van der Waals surface area contributed by atoms with Crippen LogP contribution in [0, 0.1) is 11.6 Å². The van der Waals surface area contributed by atoms with Gasteiger partial charge < -0.3 is 19.5 Å². The van der Waals surface area contributed by atoms with Crippen molar-refractivity contribution in [3.8, 4) is 17.5 Å². The van der Waals surface area contributed by atoms with Crippen LogP contribution >= 0.6 is 0 Å². The lowest BCUT2D eigenvalue weighted by Gasteiger charge is -2.23. The van der Waals surface area contributed by atoms with Gasteiger partial charge in [0.25, 0.3) is 0 Å².